The summed E-state index contributed by atoms with van der Waals surface area (Å²) in [5, 5.41) is 14.4. The van der Waals surface area contributed by atoms with Crippen molar-refractivity contribution in [1.82, 2.24) is 10.2 Å². The molecule has 1 saturated carbocycles. The monoisotopic (exact) mass is 372 g/mol. The molecule has 1 saturated heterocycles. The molecule has 1 atom stereocenters. The minimum Gasteiger partial charge on any atom is -0.506 e. The number of phenolic OH excluding ortho intramolecular Hbond substituents is 1. The molecule has 1 heterocycles. The molecular weight excluding hydrogens is 354 g/mol. The van der Waals surface area contributed by atoms with E-state index in [0.29, 0.717) is 10.9 Å². The van der Waals surface area contributed by atoms with Crippen LogP contribution in [0.4, 0.5) is 0 Å². The highest BCUT2D eigenvalue weighted by atomic mass is 35.5. The Morgan fingerprint density at radius 1 is 1.14 bits per heavy atom. The molecule has 2 N–H and O–H groups in total. The summed E-state index contributed by atoms with van der Waals surface area (Å²) < 4.78 is 0. The summed E-state index contributed by atoms with van der Waals surface area (Å²) in [6, 6.07) is 3.99. The zero-order valence-corrected chi connectivity index (χ0v) is 14.7. The number of nitrogens with one attached hydrogen (secondary N) is 1. The standard InChI is InChI=1S/C14H18Cl2N2O.2ClH/c15-11-4-3-10(14(19)12(11)16)13(9-1-2-9)18-7-5-17-6-8-18;;/h3-4,9,13,17,19H,1-2,5-8H2;2*1H/t13-;;/m0../s1. The van der Waals surface area contributed by atoms with Crippen molar-refractivity contribution in [3.63, 3.8) is 0 Å². The summed E-state index contributed by atoms with van der Waals surface area (Å²) in [7, 11) is 0. The molecule has 120 valence electrons. The predicted molar refractivity (Wildman–Crippen MR) is 92.5 cm³/mol. The van der Waals surface area contributed by atoms with E-state index in [9.17, 15) is 5.11 Å². The van der Waals surface area contributed by atoms with Gasteiger partial charge in [0, 0.05) is 37.8 Å². The maximum absolute atomic E-state index is 10.3. The third kappa shape index (κ3) is 4.10. The highest BCUT2D eigenvalue weighted by Gasteiger charge is 2.38. The van der Waals surface area contributed by atoms with Crippen LogP contribution in [0.25, 0.3) is 0 Å². The largest absolute Gasteiger partial charge is 0.506 e. The number of piperazine rings is 1. The fourth-order valence-electron chi connectivity index (χ4n) is 2.91. The van der Waals surface area contributed by atoms with Gasteiger partial charge in [0.2, 0.25) is 0 Å². The molecule has 0 spiro atoms. The topological polar surface area (TPSA) is 35.5 Å². The number of phenols is 1. The number of hydrogen-bond acceptors (Lipinski definition) is 3. The normalized spacial score (nSPS) is 20.3. The van der Waals surface area contributed by atoms with E-state index < -0.39 is 0 Å². The quantitative estimate of drug-likeness (QED) is 0.843. The number of rotatable bonds is 3. The molecular formula is C14H20Cl4N2O. The molecule has 0 bridgehead atoms. The van der Waals surface area contributed by atoms with E-state index in [4.69, 9.17) is 23.2 Å². The second-order valence-corrected chi connectivity index (χ2v) is 6.15. The fourth-order valence-corrected chi connectivity index (χ4v) is 3.24. The molecule has 1 aromatic rings. The zero-order chi connectivity index (χ0) is 13.4. The van der Waals surface area contributed by atoms with E-state index in [1.165, 1.54) is 12.8 Å². The van der Waals surface area contributed by atoms with Gasteiger partial charge in [-0.15, -0.1) is 24.8 Å². The summed E-state index contributed by atoms with van der Waals surface area (Å²) in [5.74, 6) is 0.797. The van der Waals surface area contributed by atoms with Gasteiger partial charge in [0.15, 0.2) is 0 Å². The van der Waals surface area contributed by atoms with Crippen LogP contribution in [0.15, 0.2) is 12.1 Å². The molecule has 1 aliphatic heterocycles. The van der Waals surface area contributed by atoms with Crippen LogP contribution in [0, 0.1) is 5.92 Å². The van der Waals surface area contributed by atoms with E-state index in [-0.39, 0.29) is 41.6 Å². The Morgan fingerprint density at radius 2 is 1.76 bits per heavy atom. The lowest BCUT2D eigenvalue weighted by atomic mass is 9.98. The van der Waals surface area contributed by atoms with Crippen molar-refractivity contribution >= 4 is 48.0 Å². The first kappa shape index (κ1) is 19.1. The lowest BCUT2D eigenvalue weighted by molar-refractivity contribution is 0.153. The smallest absolute Gasteiger partial charge is 0.140 e. The van der Waals surface area contributed by atoms with E-state index >= 15 is 0 Å². The molecule has 0 unspecified atom stereocenters. The lowest BCUT2D eigenvalue weighted by Gasteiger charge is -2.35. The van der Waals surface area contributed by atoms with Crippen LogP contribution in [-0.4, -0.2) is 36.2 Å². The van der Waals surface area contributed by atoms with Crippen molar-refractivity contribution in [2.75, 3.05) is 26.2 Å². The van der Waals surface area contributed by atoms with E-state index in [1.54, 1.807) is 6.07 Å². The summed E-state index contributed by atoms with van der Waals surface area (Å²) in [5.41, 5.74) is 0.929. The Balaban J connectivity index is 0.00000110. The lowest BCUT2D eigenvalue weighted by Crippen LogP contribution is -2.45. The van der Waals surface area contributed by atoms with Crippen molar-refractivity contribution in [3.05, 3.63) is 27.7 Å². The highest BCUT2D eigenvalue weighted by Crippen LogP contribution is 2.49. The van der Waals surface area contributed by atoms with Gasteiger partial charge in [0.1, 0.15) is 10.8 Å². The van der Waals surface area contributed by atoms with Gasteiger partial charge in [-0.25, -0.2) is 0 Å². The Bertz CT molecular complexity index is 476. The predicted octanol–water partition coefficient (Wildman–Crippen LogP) is 3.90. The minimum atomic E-state index is 0. The van der Waals surface area contributed by atoms with Crippen molar-refractivity contribution in [2.24, 2.45) is 5.92 Å². The van der Waals surface area contributed by atoms with Gasteiger partial charge in [0.25, 0.3) is 0 Å². The van der Waals surface area contributed by atoms with Crippen LogP contribution < -0.4 is 5.32 Å². The maximum Gasteiger partial charge on any atom is 0.140 e. The number of hydrogen-bond donors (Lipinski definition) is 2. The Morgan fingerprint density at radius 3 is 2.33 bits per heavy atom. The fraction of sp³-hybridized carbons (Fsp3) is 0.571. The van der Waals surface area contributed by atoms with Crippen LogP contribution >= 0.6 is 48.0 Å². The average molecular weight is 374 g/mol. The summed E-state index contributed by atoms with van der Waals surface area (Å²) in [4.78, 5) is 2.45. The van der Waals surface area contributed by atoms with Crippen molar-refractivity contribution in [3.8, 4) is 5.75 Å². The second kappa shape index (κ2) is 8.09. The van der Waals surface area contributed by atoms with Crippen LogP contribution in [-0.2, 0) is 0 Å². The van der Waals surface area contributed by atoms with Crippen LogP contribution in [0.2, 0.25) is 10.0 Å². The van der Waals surface area contributed by atoms with Crippen molar-refractivity contribution in [1.29, 1.82) is 0 Å². The molecule has 2 aliphatic rings. The average Bonchev–Trinajstić information content (AvgIpc) is 3.25. The zero-order valence-electron chi connectivity index (χ0n) is 11.5. The van der Waals surface area contributed by atoms with E-state index in [2.05, 4.69) is 10.2 Å². The van der Waals surface area contributed by atoms with Crippen LogP contribution in [0.5, 0.6) is 5.75 Å². The number of nitrogens with zero attached hydrogens (tertiary/aromatic N) is 1. The first-order chi connectivity index (χ1) is 9.18. The van der Waals surface area contributed by atoms with Crippen molar-refractivity contribution < 1.29 is 5.11 Å². The van der Waals surface area contributed by atoms with E-state index in [1.807, 2.05) is 6.07 Å². The third-order valence-corrected chi connectivity index (χ3v) is 4.83. The third-order valence-electron chi connectivity index (χ3n) is 4.03. The van der Waals surface area contributed by atoms with Gasteiger partial charge < -0.3 is 10.4 Å². The molecule has 7 heteroatoms. The molecule has 2 fully saturated rings. The Hall–Kier alpha value is 0.1000. The van der Waals surface area contributed by atoms with Gasteiger partial charge in [0.05, 0.1) is 5.02 Å². The molecule has 0 radical (unpaired) electrons. The molecule has 0 aromatic heterocycles. The number of halogens is 4. The highest BCUT2D eigenvalue weighted by molar-refractivity contribution is 6.43. The van der Waals surface area contributed by atoms with E-state index in [0.717, 1.165) is 31.7 Å². The van der Waals surface area contributed by atoms with Gasteiger partial charge in [-0.3, -0.25) is 4.90 Å². The molecule has 1 aliphatic carbocycles. The SMILES string of the molecule is Cl.Cl.Oc1c([C@H](C2CC2)N2CCNCC2)ccc(Cl)c1Cl. The van der Waals surface area contributed by atoms with Crippen LogP contribution in [0.3, 0.4) is 0 Å². The number of benzene rings is 1. The van der Waals surface area contributed by atoms with Crippen LogP contribution in [0.1, 0.15) is 24.4 Å². The summed E-state index contributed by atoms with van der Waals surface area (Å²) >= 11 is 12.0. The van der Waals surface area contributed by atoms with Gasteiger partial charge in [-0.1, -0.05) is 29.3 Å². The number of aromatic hydroxyl groups is 1. The second-order valence-electron chi connectivity index (χ2n) is 5.37. The molecule has 3 nitrogen and oxygen atoms in total. The maximum atomic E-state index is 10.3. The van der Waals surface area contributed by atoms with Gasteiger partial charge >= 0.3 is 0 Å². The molecule has 3 rings (SSSR count). The van der Waals surface area contributed by atoms with Crippen molar-refractivity contribution in [2.45, 2.75) is 18.9 Å². The van der Waals surface area contributed by atoms with Gasteiger partial charge in [-0.2, -0.15) is 0 Å². The minimum absolute atomic E-state index is 0. The summed E-state index contributed by atoms with van der Waals surface area (Å²) in [6.07, 6.45) is 2.46. The molecule has 21 heavy (non-hydrogen) atoms. The Kier molecular flexibility index (Phi) is 7.38. The Labute approximate surface area is 147 Å². The molecule has 1 aromatic carbocycles. The van der Waals surface area contributed by atoms with Gasteiger partial charge in [-0.05, 0) is 24.8 Å². The first-order valence-corrected chi connectivity index (χ1v) is 7.55. The summed E-state index contributed by atoms with van der Waals surface area (Å²) in [6.45, 7) is 4.04. The first-order valence-electron chi connectivity index (χ1n) is 6.80. The molecule has 0 amide bonds.